The molecule has 0 radical (unpaired) electrons. The Bertz CT molecular complexity index is 1330. The smallest absolute Gasteiger partial charge is 0.338 e. The summed E-state index contributed by atoms with van der Waals surface area (Å²) >= 11 is 0. The average Bonchev–Trinajstić information content (AvgIpc) is 3.27. The van der Waals surface area contributed by atoms with Gasteiger partial charge in [-0.1, -0.05) is 24.3 Å². The number of halogens is 1. The van der Waals surface area contributed by atoms with E-state index in [1.54, 1.807) is 31.4 Å². The first-order valence-corrected chi connectivity index (χ1v) is 12.6. The number of anilines is 1. The second kappa shape index (κ2) is 11.4. The lowest BCUT2D eigenvalue weighted by atomic mass is 10.1. The van der Waals surface area contributed by atoms with Crippen molar-refractivity contribution in [3.05, 3.63) is 89.7 Å². The zero-order valence-electron chi connectivity index (χ0n) is 20.9. The minimum atomic E-state index is -0.320. The van der Waals surface area contributed by atoms with Crippen LogP contribution in [0.3, 0.4) is 0 Å². The van der Waals surface area contributed by atoms with Gasteiger partial charge < -0.3 is 19.4 Å². The molecule has 0 spiro atoms. The molecule has 0 atom stereocenters. The number of hydrogen-bond donors (Lipinski definition) is 1. The zero-order valence-corrected chi connectivity index (χ0v) is 20.9. The van der Waals surface area contributed by atoms with Crippen molar-refractivity contribution in [2.24, 2.45) is 0 Å². The number of para-hydroxylation sites is 2. The van der Waals surface area contributed by atoms with Crippen molar-refractivity contribution in [1.29, 1.82) is 0 Å². The van der Waals surface area contributed by atoms with Crippen LogP contribution in [0.15, 0.2) is 72.8 Å². The summed E-state index contributed by atoms with van der Waals surface area (Å²) in [5, 5.41) is 3.65. The van der Waals surface area contributed by atoms with Gasteiger partial charge in [-0.3, -0.25) is 4.90 Å². The normalized spacial score (nSPS) is 14.5. The van der Waals surface area contributed by atoms with E-state index in [9.17, 15) is 9.18 Å². The highest BCUT2D eigenvalue weighted by molar-refractivity contribution is 5.89. The lowest BCUT2D eigenvalue weighted by Crippen LogP contribution is -2.41. The third-order valence-electron chi connectivity index (χ3n) is 6.80. The van der Waals surface area contributed by atoms with E-state index in [2.05, 4.69) is 20.9 Å². The van der Waals surface area contributed by atoms with Crippen molar-refractivity contribution in [1.82, 2.24) is 14.5 Å². The number of carbonyl (C=O) groups excluding carboxylic acids is 1. The number of piperidine rings is 1. The maximum Gasteiger partial charge on any atom is 0.338 e. The van der Waals surface area contributed by atoms with Gasteiger partial charge in [-0.05, 0) is 66.9 Å². The van der Waals surface area contributed by atoms with Gasteiger partial charge >= 0.3 is 5.97 Å². The summed E-state index contributed by atoms with van der Waals surface area (Å²) in [6.45, 7) is 3.50. The van der Waals surface area contributed by atoms with E-state index in [-0.39, 0.29) is 11.8 Å². The van der Waals surface area contributed by atoms with Crippen molar-refractivity contribution in [3.63, 3.8) is 0 Å². The number of ether oxygens (including phenoxy) is 2. The summed E-state index contributed by atoms with van der Waals surface area (Å²) in [6.07, 6.45) is 1.93. The molecule has 4 aromatic rings. The van der Waals surface area contributed by atoms with Gasteiger partial charge in [0, 0.05) is 25.7 Å². The summed E-state index contributed by atoms with van der Waals surface area (Å²) in [4.78, 5) is 19.4. The van der Waals surface area contributed by atoms with Gasteiger partial charge in [0.1, 0.15) is 18.2 Å². The molecule has 7 nitrogen and oxygen atoms in total. The number of rotatable bonds is 9. The number of fused-ring (bicyclic) bond motifs is 1. The largest absolute Gasteiger partial charge is 0.497 e. The molecular weight excluding hydrogens is 471 g/mol. The molecule has 0 amide bonds. The quantitative estimate of drug-likeness (QED) is 0.326. The van der Waals surface area contributed by atoms with Crippen molar-refractivity contribution in [2.45, 2.75) is 25.4 Å². The number of aromatic nitrogens is 2. The zero-order chi connectivity index (χ0) is 25.6. The van der Waals surface area contributed by atoms with E-state index < -0.39 is 0 Å². The van der Waals surface area contributed by atoms with Crippen LogP contribution in [-0.2, 0) is 11.3 Å². The molecule has 3 aromatic carbocycles. The molecule has 1 aliphatic rings. The molecule has 1 aromatic heterocycles. The Hall–Kier alpha value is -3.91. The number of methoxy groups -OCH3 is 1. The molecule has 0 saturated carbocycles. The minimum Gasteiger partial charge on any atom is -0.497 e. The van der Waals surface area contributed by atoms with Crippen LogP contribution in [0.4, 0.5) is 10.3 Å². The molecule has 1 saturated heterocycles. The first-order chi connectivity index (χ1) is 18.1. The first-order valence-electron chi connectivity index (χ1n) is 12.6. The van der Waals surface area contributed by atoms with Gasteiger partial charge in [-0.2, -0.15) is 0 Å². The van der Waals surface area contributed by atoms with Crippen LogP contribution in [-0.4, -0.2) is 59.8 Å². The fraction of sp³-hybridized carbons (Fsp3) is 0.310. The highest BCUT2D eigenvalue weighted by atomic mass is 19.1. The molecule has 37 heavy (non-hydrogen) atoms. The van der Waals surface area contributed by atoms with Crippen LogP contribution in [0.5, 0.6) is 5.75 Å². The van der Waals surface area contributed by atoms with E-state index in [1.165, 1.54) is 12.1 Å². The van der Waals surface area contributed by atoms with Gasteiger partial charge in [-0.25, -0.2) is 14.2 Å². The minimum absolute atomic E-state index is 0.236. The molecule has 2 heterocycles. The molecule has 8 heteroatoms. The summed E-state index contributed by atoms with van der Waals surface area (Å²) < 4.78 is 26.1. The van der Waals surface area contributed by atoms with Gasteiger partial charge in [0.2, 0.25) is 5.95 Å². The Labute approximate surface area is 215 Å². The predicted molar refractivity (Wildman–Crippen MR) is 142 cm³/mol. The van der Waals surface area contributed by atoms with E-state index in [0.717, 1.165) is 48.5 Å². The van der Waals surface area contributed by atoms with Crippen LogP contribution in [0.1, 0.15) is 28.8 Å². The number of carbonyl (C=O) groups is 1. The third kappa shape index (κ3) is 6.09. The molecule has 1 fully saturated rings. The summed E-state index contributed by atoms with van der Waals surface area (Å²) in [7, 11) is 1.59. The maximum atomic E-state index is 13.4. The fourth-order valence-corrected chi connectivity index (χ4v) is 4.68. The fourth-order valence-electron chi connectivity index (χ4n) is 4.68. The second-order valence-corrected chi connectivity index (χ2v) is 9.26. The molecule has 1 N–H and O–H groups in total. The van der Waals surface area contributed by atoms with Gasteiger partial charge in [-0.15, -0.1) is 0 Å². The van der Waals surface area contributed by atoms with Gasteiger partial charge in [0.05, 0.1) is 30.3 Å². The number of nitrogens with zero attached hydrogens (tertiary/aromatic N) is 3. The van der Waals surface area contributed by atoms with Gasteiger partial charge in [0.25, 0.3) is 0 Å². The monoisotopic (exact) mass is 502 g/mol. The van der Waals surface area contributed by atoms with Crippen LogP contribution in [0, 0.1) is 5.82 Å². The number of benzene rings is 3. The van der Waals surface area contributed by atoms with E-state index in [1.807, 2.05) is 30.3 Å². The Balaban J connectivity index is 1.14. The first kappa shape index (κ1) is 24.8. The number of esters is 1. The molecule has 0 bridgehead atoms. The number of hydrogen-bond acceptors (Lipinski definition) is 6. The lowest BCUT2D eigenvalue weighted by Gasteiger charge is -2.32. The van der Waals surface area contributed by atoms with Crippen molar-refractivity contribution in [3.8, 4) is 5.75 Å². The van der Waals surface area contributed by atoms with Gasteiger partial charge in [0.15, 0.2) is 0 Å². The molecule has 0 unspecified atom stereocenters. The second-order valence-electron chi connectivity index (χ2n) is 9.26. The summed E-state index contributed by atoms with van der Waals surface area (Å²) in [5.41, 5.74) is 3.52. The Kier molecular flexibility index (Phi) is 7.65. The van der Waals surface area contributed by atoms with Crippen LogP contribution in [0.25, 0.3) is 11.0 Å². The number of likely N-dealkylation sites (tertiary alicyclic amines) is 1. The summed E-state index contributed by atoms with van der Waals surface area (Å²) in [5.74, 6) is 0.982. The molecule has 1 aliphatic heterocycles. The lowest BCUT2D eigenvalue weighted by molar-refractivity contribution is 0.0450. The van der Waals surface area contributed by atoms with Crippen LogP contribution < -0.4 is 10.1 Å². The predicted octanol–water partition coefficient (Wildman–Crippen LogP) is 4.97. The van der Waals surface area contributed by atoms with Crippen LogP contribution in [0.2, 0.25) is 0 Å². The third-order valence-corrected chi connectivity index (χ3v) is 6.80. The highest BCUT2D eigenvalue weighted by Gasteiger charge is 2.22. The summed E-state index contributed by atoms with van der Waals surface area (Å²) in [6, 6.07) is 21.9. The molecule has 192 valence electrons. The molecular formula is C29H31FN4O3. The number of imidazole rings is 1. The van der Waals surface area contributed by atoms with E-state index in [0.29, 0.717) is 37.1 Å². The van der Waals surface area contributed by atoms with E-state index in [4.69, 9.17) is 14.5 Å². The van der Waals surface area contributed by atoms with Crippen LogP contribution >= 0.6 is 0 Å². The highest BCUT2D eigenvalue weighted by Crippen LogP contribution is 2.24. The average molecular weight is 503 g/mol. The Morgan fingerprint density at radius 1 is 1.03 bits per heavy atom. The molecule has 5 rings (SSSR count). The van der Waals surface area contributed by atoms with Crippen molar-refractivity contribution < 1.29 is 18.7 Å². The molecule has 0 aliphatic carbocycles. The number of nitrogens with one attached hydrogen (secondary N) is 1. The SMILES string of the molecule is COc1ccc(C(=O)OCCN2CCC(Nc3nc4ccccc4n3Cc3ccc(F)cc3)CC2)cc1. The van der Waals surface area contributed by atoms with E-state index >= 15 is 0 Å². The van der Waals surface area contributed by atoms with Crippen molar-refractivity contribution in [2.75, 3.05) is 38.7 Å². The Morgan fingerprint density at radius 2 is 1.76 bits per heavy atom. The standard InChI is InChI=1S/C29H31FN4O3/c1-36-25-12-8-22(9-13-25)28(35)37-19-18-33-16-14-24(15-17-33)31-29-32-26-4-2-3-5-27(26)34(29)20-21-6-10-23(30)11-7-21/h2-13,24H,14-20H2,1H3,(H,31,32). The maximum absolute atomic E-state index is 13.4. The topological polar surface area (TPSA) is 68.6 Å². The van der Waals surface area contributed by atoms with Crippen molar-refractivity contribution >= 4 is 23.0 Å². The Morgan fingerprint density at radius 3 is 2.49 bits per heavy atom.